The highest BCUT2D eigenvalue weighted by Crippen LogP contribution is 2.31. The second kappa shape index (κ2) is 3.59. The van der Waals surface area contributed by atoms with Gasteiger partial charge in [0.25, 0.3) is 0 Å². The molecule has 0 aliphatic carbocycles. The third-order valence-electron chi connectivity index (χ3n) is 2.62. The number of hydrogen-bond donors (Lipinski definition) is 2. The van der Waals surface area contributed by atoms with Crippen LogP contribution in [0.2, 0.25) is 0 Å². The number of nitrogens with two attached hydrogens (primary N) is 1. The Balaban J connectivity index is 2.41. The minimum atomic E-state index is -0.278. The molecule has 3 heteroatoms. The van der Waals surface area contributed by atoms with Crippen LogP contribution >= 0.6 is 0 Å². The van der Waals surface area contributed by atoms with Crippen molar-refractivity contribution in [3.8, 4) is 5.75 Å². The third kappa shape index (κ3) is 1.49. The first kappa shape index (κ1) is 9.49. The normalized spacial score (nSPS) is 16.2. The van der Waals surface area contributed by atoms with Gasteiger partial charge in [0.15, 0.2) is 0 Å². The molecular formula is C11H15NO2. The highest BCUT2D eigenvalue weighted by atomic mass is 16.5. The van der Waals surface area contributed by atoms with Crippen molar-refractivity contribution in [2.75, 3.05) is 13.2 Å². The van der Waals surface area contributed by atoms with Crippen LogP contribution in [0.3, 0.4) is 0 Å². The van der Waals surface area contributed by atoms with Gasteiger partial charge in [-0.05, 0) is 23.6 Å². The Morgan fingerprint density at radius 1 is 1.57 bits per heavy atom. The van der Waals surface area contributed by atoms with Gasteiger partial charge in [0, 0.05) is 6.42 Å². The van der Waals surface area contributed by atoms with Gasteiger partial charge in [-0.2, -0.15) is 0 Å². The monoisotopic (exact) mass is 193 g/mol. The van der Waals surface area contributed by atoms with Crippen molar-refractivity contribution in [3.63, 3.8) is 0 Å². The van der Waals surface area contributed by atoms with E-state index in [0.29, 0.717) is 0 Å². The SMILES string of the molecule is Cc1cc([C@H](N)CO)cc2c1OCC2. The molecule has 1 atom stereocenters. The maximum Gasteiger partial charge on any atom is 0.125 e. The Morgan fingerprint density at radius 3 is 3.07 bits per heavy atom. The van der Waals surface area contributed by atoms with Crippen LogP contribution in [0.4, 0.5) is 0 Å². The largest absolute Gasteiger partial charge is 0.493 e. The minimum absolute atomic E-state index is 0.0148. The van der Waals surface area contributed by atoms with Crippen molar-refractivity contribution in [3.05, 3.63) is 28.8 Å². The van der Waals surface area contributed by atoms with Crippen LogP contribution in [0.5, 0.6) is 5.75 Å². The summed E-state index contributed by atoms with van der Waals surface area (Å²) in [5.41, 5.74) is 9.08. The van der Waals surface area contributed by atoms with Gasteiger partial charge in [0.1, 0.15) is 5.75 Å². The molecule has 0 spiro atoms. The summed E-state index contributed by atoms with van der Waals surface area (Å²) in [5.74, 6) is 0.999. The third-order valence-corrected chi connectivity index (χ3v) is 2.62. The van der Waals surface area contributed by atoms with Crippen molar-refractivity contribution < 1.29 is 9.84 Å². The van der Waals surface area contributed by atoms with Crippen molar-refractivity contribution in [2.45, 2.75) is 19.4 Å². The van der Waals surface area contributed by atoms with E-state index in [1.165, 1.54) is 5.56 Å². The van der Waals surface area contributed by atoms with Crippen LogP contribution < -0.4 is 10.5 Å². The molecule has 1 aliphatic heterocycles. The molecule has 1 heterocycles. The van der Waals surface area contributed by atoms with Crippen molar-refractivity contribution in [1.29, 1.82) is 0 Å². The lowest BCUT2D eigenvalue weighted by atomic mass is 10.00. The van der Waals surface area contributed by atoms with E-state index in [1.54, 1.807) is 0 Å². The summed E-state index contributed by atoms with van der Waals surface area (Å²) in [5, 5.41) is 8.97. The van der Waals surface area contributed by atoms with Crippen molar-refractivity contribution in [1.82, 2.24) is 0 Å². The van der Waals surface area contributed by atoms with E-state index in [9.17, 15) is 0 Å². The van der Waals surface area contributed by atoms with Crippen molar-refractivity contribution >= 4 is 0 Å². The molecule has 1 aromatic rings. The maximum atomic E-state index is 8.97. The summed E-state index contributed by atoms with van der Waals surface area (Å²) in [7, 11) is 0. The van der Waals surface area contributed by atoms with Gasteiger partial charge in [0.05, 0.1) is 19.3 Å². The van der Waals surface area contributed by atoms with E-state index < -0.39 is 0 Å². The summed E-state index contributed by atoms with van der Waals surface area (Å²) in [6, 6.07) is 3.75. The molecule has 0 aromatic heterocycles. The lowest BCUT2D eigenvalue weighted by Gasteiger charge is -2.12. The molecule has 0 amide bonds. The Bertz CT molecular complexity index is 349. The molecule has 0 unspecified atom stereocenters. The average Bonchev–Trinajstić information content (AvgIpc) is 2.64. The van der Waals surface area contributed by atoms with Gasteiger partial charge in [-0.25, -0.2) is 0 Å². The van der Waals surface area contributed by atoms with Gasteiger partial charge in [-0.1, -0.05) is 12.1 Å². The van der Waals surface area contributed by atoms with Gasteiger partial charge < -0.3 is 15.6 Å². The van der Waals surface area contributed by atoms with Crippen LogP contribution in [0.15, 0.2) is 12.1 Å². The Labute approximate surface area is 83.5 Å². The lowest BCUT2D eigenvalue weighted by Crippen LogP contribution is -2.14. The fourth-order valence-corrected chi connectivity index (χ4v) is 1.85. The Hall–Kier alpha value is -1.06. The summed E-state index contributed by atoms with van der Waals surface area (Å²) < 4.78 is 5.49. The predicted octanol–water partition coefficient (Wildman–Crippen LogP) is 0.922. The number of ether oxygens (including phenoxy) is 1. The molecule has 1 aliphatic rings. The number of aliphatic hydroxyl groups is 1. The minimum Gasteiger partial charge on any atom is -0.493 e. The van der Waals surface area contributed by atoms with Gasteiger partial charge in [-0.3, -0.25) is 0 Å². The molecule has 2 rings (SSSR count). The van der Waals surface area contributed by atoms with E-state index in [4.69, 9.17) is 15.6 Å². The van der Waals surface area contributed by atoms with Crippen LogP contribution in [0.25, 0.3) is 0 Å². The molecule has 0 fully saturated rings. The second-order valence-electron chi connectivity index (χ2n) is 3.71. The Morgan fingerprint density at radius 2 is 2.36 bits per heavy atom. The fourth-order valence-electron chi connectivity index (χ4n) is 1.85. The van der Waals surface area contributed by atoms with E-state index in [-0.39, 0.29) is 12.6 Å². The Kier molecular flexibility index (Phi) is 2.44. The summed E-state index contributed by atoms with van der Waals surface area (Å²) in [6.45, 7) is 2.75. The standard InChI is InChI=1S/C11H15NO2/c1-7-4-9(10(12)6-13)5-8-2-3-14-11(7)8/h4-5,10,13H,2-3,6,12H2,1H3/t10-/m1/s1. The second-order valence-corrected chi connectivity index (χ2v) is 3.71. The number of aliphatic hydroxyl groups excluding tert-OH is 1. The number of rotatable bonds is 2. The first-order valence-electron chi connectivity index (χ1n) is 4.85. The average molecular weight is 193 g/mol. The fraction of sp³-hybridized carbons (Fsp3) is 0.455. The van der Waals surface area contributed by atoms with E-state index in [0.717, 1.165) is 29.9 Å². The zero-order chi connectivity index (χ0) is 10.1. The molecule has 3 N–H and O–H groups in total. The lowest BCUT2D eigenvalue weighted by molar-refractivity contribution is 0.268. The van der Waals surface area contributed by atoms with Crippen LogP contribution in [-0.2, 0) is 6.42 Å². The number of hydrogen-bond acceptors (Lipinski definition) is 3. The maximum absolute atomic E-state index is 8.97. The first-order valence-corrected chi connectivity index (χ1v) is 4.85. The van der Waals surface area contributed by atoms with Crippen LogP contribution in [-0.4, -0.2) is 18.3 Å². The summed E-state index contributed by atoms with van der Waals surface area (Å²) in [6.07, 6.45) is 0.947. The topological polar surface area (TPSA) is 55.5 Å². The molecule has 14 heavy (non-hydrogen) atoms. The van der Waals surface area contributed by atoms with E-state index in [1.807, 2.05) is 19.1 Å². The highest BCUT2D eigenvalue weighted by Gasteiger charge is 2.17. The zero-order valence-electron chi connectivity index (χ0n) is 8.29. The van der Waals surface area contributed by atoms with Gasteiger partial charge in [-0.15, -0.1) is 0 Å². The molecular weight excluding hydrogens is 178 g/mol. The van der Waals surface area contributed by atoms with E-state index in [2.05, 4.69) is 0 Å². The smallest absolute Gasteiger partial charge is 0.125 e. The summed E-state index contributed by atoms with van der Waals surface area (Å²) in [4.78, 5) is 0. The molecule has 0 bridgehead atoms. The number of benzene rings is 1. The zero-order valence-corrected chi connectivity index (χ0v) is 8.29. The van der Waals surface area contributed by atoms with Gasteiger partial charge in [0.2, 0.25) is 0 Å². The molecule has 0 saturated carbocycles. The van der Waals surface area contributed by atoms with E-state index >= 15 is 0 Å². The number of fused-ring (bicyclic) bond motifs is 1. The number of aryl methyl sites for hydroxylation is 1. The molecule has 76 valence electrons. The van der Waals surface area contributed by atoms with Gasteiger partial charge >= 0.3 is 0 Å². The quantitative estimate of drug-likeness (QED) is 0.734. The summed E-state index contributed by atoms with van der Waals surface area (Å²) >= 11 is 0. The van der Waals surface area contributed by atoms with Crippen molar-refractivity contribution in [2.24, 2.45) is 5.73 Å². The predicted molar refractivity (Wildman–Crippen MR) is 54.4 cm³/mol. The molecule has 0 radical (unpaired) electrons. The molecule has 0 saturated heterocycles. The van der Waals surface area contributed by atoms with Crippen LogP contribution in [0.1, 0.15) is 22.7 Å². The van der Waals surface area contributed by atoms with Crippen LogP contribution in [0, 0.1) is 6.92 Å². The first-order chi connectivity index (χ1) is 6.72. The highest BCUT2D eigenvalue weighted by molar-refractivity contribution is 5.46. The molecule has 3 nitrogen and oxygen atoms in total. The molecule has 1 aromatic carbocycles.